The number of likely N-dealkylation sites (tertiary alicyclic amines) is 1. The highest BCUT2D eigenvalue weighted by atomic mass is 15.3. The van der Waals surface area contributed by atoms with Crippen LogP contribution in [-0.4, -0.2) is 40.5 Å². The Labute approximate surface area is 127 Å². The Morgan fingerprint density at radius 3 is 2.81 bits per heavy atom. The largest absolute Gasteiger partial charge is 0.349 e. The lowest BCUT2D eigenvalue weighted by molar-refractivity contribution is 0.203. The second-order valence-electron chi connectivity index (χ2n) is 6.59. The van der Waals surface area contributed by atoms with Gasteiger partial charge in [0, 0.05) is 39.6 Å². The standard InChI is InChI=1S/C16H27N5/c1-17-15(19-12-14-18-9-11-20(14)2)21-10-8-16(13-21)6-4-3-5-7-16/h9,11H,3-8,10,12-13H2,1-2H3,(H,17,19). The highest BCUT2D eigenvalue weighted by Gasteiger charge is 2.39. The average molecular weight is 289 g/mol. The number of aromatic nitrogens is 2. The Bertz CT molecular complexity index is 499. The minimum atomic E-state index is 0.569. The van der Waals surface area contributed by atoms with Gasteiger partial charge in [-0.15, -0.1) is 0 Å². The number of aliphatic imine (C=N–C) groups is 1. The Balaban J connectivity index is 1.58. The molecule has 1 aliphatic heterocycles. The molecule has 1 saturated carbocycles. The quantitative estimate of drug-likeness (QED) is 0.670. The molecular formula is C16H27N5. The van der Waals surface area contributed by atoms with Crippen LogP contribution in [0.1, 0.15) is 44.3 Å². The van der Waals surface area contributed by atoms with E-state index in [2.05, 4.69) is 20.2 Å². The first-order valence-electron chi connectivity index (χ1n) is 8.14. The van der Waals surface area contributed by atoms with E-state index >= 15 is 0 Å². The lowest BCUT2D eigenvalue weighted by Gasteiger charge is -2.33. The molecule has 5 heteroatoms. The normalized spacial score (nSPS) is 22.0. The molecule has 0 aromatic carbocycles. The summed E-state index contributed by atoms with van der Waals surface area (Å²) < 4.78 is 2.05. The summed E-state index contributed by atoms with van der Waals surface area (Å²) in [7, 11) is 3.91. The summed E-state index contributed by atoms with van der Waals surface area (Å²) in [5.41, 5.74) is 0.569. The van der Waals surface area contributed by atoms with Crippen molar-refractivity contribution in [1.82, 2.24) is 19.8 Å². The van der Waals surface area contributed by atoms with Gasteiger partial charge in [-0.3, -0.25) is 4.99 Å². The van der Waals surface area contributed by atoms with Crippen LogP contribution < -0.4 is 5.32 Å². The lowest BCUT2D eigenvalue weighted by Crippen LogP contribution is -2.41. The predicted molar refractivity (Wildman–Crippen MR) is 85.1 cm³/mol. The number of nitrogens with one attached hydrogen (secondary N) is 1. The molecule has 1 saturated heterocycles. The van der Waals surface area contributed by atoms with Gasteiger partial charge in [-0.25, -0.2) is 4.98 Å². The Morgan fingerprint density at radius 2 is 2.14 bits per heavy atom. The van der Waals surface area contributed by atoms with Gasteiger partial charge >= 0.3 is 0 Å². The minimum Gasteiger partial charge on any atom is -0.349 e. The van der Waals surface area contributed by atoms with Crippen molar-refractivity contribution in [3.05, 3.63) is 18.2 Å². The molecule has 2 aliphatic rings. The third kappa shape index (κ3) is 3.06. The van der Waals surface area contributed by atoms with E-state index in [1.807, 2.05) is 31.1 Å². The van der Waals surface area contributed by atoms with Gasteiger partial charge in [-0.05, 0) is 24.7 Å². The van der Waals surface area contributed by atoms with Crippen LogP contribution in [0.25, 0.3) is 0 Å². The molecule has 0 atom stereocenters. The van der Waals surface area contributed by atoms with Crippen LogP contribution in [0.2, 0.25) is 0 Å². The molecule has 2 heterocycles. The maximum absolute atomic E-state index is 4.47. The number of rotatable bonds is 2. The van der Waals surface area contributed by atoms with Crippen molar-refractivity contribution >= 4 is 5.96 Å². The van der Waals surface area contributed by atoms with Crippen molar-refractivity contribution in [2.75, 3.05) is 20.1 Å². The number of hydrogen-bond acceptors (Lipinski definition) is 2. The number of hydrogen-bond donors (Lipinski definition) is 1. The molecule has 21 heavy (non-hydrogen) atoms. The first-order chi connectivity index (χ1) is 10.2. The summed E-state index contributed by atoms with van der Waals surface area (Å²) in [6.45, 7) is 3.05. The Hall–Kier alpha value is -1.52. The molecule has 0 amide bonds. The SMILES string of the molecule is CN=C(NCc1nccn1C)N1CCC2(CCCCC2)C1. The van der Waals surface area contributed by atoms with E-state index in [4.69, 9.17) is 0 Å². The summed E-state index contributed by atoms with van der Waals surface area (Å²) in [5, 5.41) is 3.47. The van der Waals surface area contributed by atoms with Crippen molar-refractivity contribution in [3.8, 4) is 0 Å². The van der Waals surface area contributed by atoms with Gasteiger partial charge in [-0.2, -0.15) is 0 Å². The summed E-state index contributed by atoms with van der Waals surface area (Å²) in [6, 6.07) is 0. The number of guanidine groups is 1. The van der Waals surface area contributed by atoms with Gasteiger partial charge in [0.05, 0.1) is 6.54 Å². The van der Waals surface area contributed by atoms with Crippen molar-refractivity contribution in [2.24, 2.45) is 17.5 Å². The molecular weight excluding hydrogens is 262 g/mol. The van der Waals surface area contributed by atoms with E-state index in [0.717, 1.165) is 24.9 Å². The zero-order chi connectivity index (χ0) is 14.7. The first-order valence-corrected chi connectivity index (χ1v) is 8.14. The summed E-state index contributed by atoms with van der Waals surface area (Å²) in [6.07, 6.45) is 12.2. The minimum absolute atomic E-state index is 0.569. The van der Waals surface area contributed by atoms with Gasteiger partial charge in [0.2, 0.25) is 0 Å². The number of aryl methyl sites for hydroxylation is 1. The van der Waals surface area contributed by atoms with E-state index < -0.39 is 0 Å². The molecule has 116 valence electrons. The highest BCUT2D eigenvalue weighted by Crippen LogP contribution is 2.43. The molecule has 5 nitrogen and oxygen atoms in total. The van der Waals surface area contributed by atoms with Crippen LogP contribution in [0, 0.1) is 5.41 Å². The van der Waals surface area contributed by atoms with Crippen molar-refractivity contribution in [1.29, 1.82) is 0 Å². The lowest BCUT2D eigenvalue weighted by atomic mass is 9.73. The molecule has 1 aromatic rings. The molecule has 0 unspecified atom stereocenters. The summed E-state index contributed by atoms with van der Waals surface area (Å²) >= 11 is 0. The number of imidazole rings is 1. The molecule has 1 aliphatic carbocycles. The molecule has 3 rings (SSSR count). The molecule has 0 radical (unpaired) electrons. The van der Waals surface area contributed by atoms with E-state index in [1.165, 1.54) is 45.1 Å². The van der Waals surface area contributed by atoms with Gasteiger partial charge in [0.1, 0.15) is 5.82 Å². The van der Waals surface area contributed by atoms with Crippen LogP contribution in [-0.2, 0) is 13.6 Å². The maximum Gasteiger partial charge on any atom is 0.194 e. The fraction of sp³-hybridized carbons (Fsp3) is 0.750. The van der Waals surface area contributed by atoms with Gasteiger partial charge in [-0.1, -0.05) is 19.3 Å². The second kappa shape index (κ2) is 6.08. The third-order valence-electron chi connectivity index (χ3n) is 5.19. The van der Waals surface area contributed by atoms with Crippen molar-refractivity contribution in [3.63, 3.8) is 0 Å². The summed E-state index contributed by atoms with van der Waals surface area (Å²) in [5.74, 6) is 2.07. The zero-order valence-electron chi connectivity index (χ0n) is 13.3. The molecule has 1 aromatic heterocycles. The average Bonchev–Trinajstić information content (AvgIpc) is 3.08. The van der Waals surface area contributed by atoms with Crippen LogP contribution in [0.5, 0.6) is 0 Å². The van der Waals surface area contributed by atoms with E-state index in [0.29, 0.717) is 5.41 Å². The maximum atomic E-state index is 4.47. The van der Waals surface area contributed by atoms with Crippen molar-refractivity contribution in [2.45, 2.75) is 45.1 Å². The van der Waals surface area contributed by atoms with Crippen LogP contribution in [0.4, 0.5) is 0 Å². The molecule has 0 bridgehead atoms. The third-order valence-corrected chi connectivity index (χ3v) is 5.19. The monoisotopic (exact) mass is 289 g/mol. The van der Waals surface area contributed by atoms with Gasteiger partial charge in [0.15, 0.2) is 5.96 Å². The summed E-state index contributed by atoms with van der Waals surface area (Å²) in [4.78, 5) is 11.3. The Morgan fingerprint density at radius 1 is 1.33 bits per heavy atom. The number of nitrogens with zero attached hydrogens (tertiary/aromatic N) is 4. The van der Waals surface area contributed by atoms with E-state index in [-0.39, 0.29) is 0 Å². The van der Waals surface area contributed by atoms with Crippen LogP contribution >= 0.6 is 0 Å². The van der Waals surface area contributed by atoms with Crippen molar-refractivity contribution < 1.29 is 0 Å². The Kier molecular flexibility index (Phi) is 4.17. The fourth-order valence-corrected chi connectivity index (χ4v) is 3.88. The first kappa shape index (κ1) is 14.4. The molecule has 1 spiro atoms. The van der Waals surface area contributed by atoms with Crippen LogP contribution in [0.15, 0.2) is 17.4 Å². The van der Waals surface area contributed by atoms with E-state index in [9.17, 15) is 0 Å². The smallest absolute Gasteiger partial charge is 0.194 e. The van der Waals surface area contributed by atoms with Gasteiger partial charge in [0.25, 0.3) is 0 Å². The van der Waals surface area contributed by atoms with Gasteiger partial charge < -0.3 is 14.8 Å². The second-order valence-corrected chi connectivity index (χ2v) is 6.59. The molecule has 1 N–H and O–H groups in total. The fourth-order valence-electron chi connectivity index (χ4n) is 3.88. The predicted octanol–water partition coefficient (Wildman–Crippen LogP) is 2.15. The highest BCUT2D eigenvalue weighted by molar-refractivity contribution is 5.80. The zero-order valence-corrected chi connectivity index (χ0v) is 13.3. The topological polar surface area (TPSA) is 45.5 Å². The molecule has 2 fully saturated rings. The van der Waals surface area contributed by atoms with Crippen LogP contribution in [0.3, 0.4) is 0 Å². The van der Waals surface area contributed by atoms with E-state index in [1.54, 1.807) is 0 Å².